The molecule has 0 saturated heterocycles. The molecule has 4 nitrogen and oxygen atoms in total. The van der Waals surface area contributed by atoms with E-state index in [1.807, 2.05) is 25.1 Å². The van der Waals surface area contributed by atoms with Crippen molar-refractivity contribution in [2.75, 3.05) is 5.73 Å². The summed E-state index contributed by atoms with van der Waals surface area (Å²) in [6, 6.07) is 9.04. The van der Waals surface area contributed by atoms with E-state index in [1.165, 1.54) is 12.3 Å². The highest BCUT2D eigenvalue weighted by Crippen LogP contribution is 2.32. The number of ether oxygens (including phenoxy) is 1. The lowest BCUT2D eigenvalue weighted by Crippen LogP contribution is -1.96. The Morgan fingerprint density at radius 2 is 2.21 bits per heavy atom. The molecule has 0 spiro atoms. The topological polar surface area (TPSA) is 71.9 Å². The van der Waals surface area contributed by atoms with Crippen molar-refractivity contribution in [3.63, 3.8) is 0 Å². The van der Waals surface area contributed by atoms with Gasteiger partial charge in [-0.3, -0.25) is 0 Å². The summed E-state index contributed by atoms with van der Waals surface area (Å²) >= 11 is 6.02. The maximum absolute atomic E-state index is 8.89. The molecule has 0 aliphatic rings. The highest BCUT2D eigenvalue weighted by molar-refractivity contribution is 6.33. The quantitative estimate of drug-likeness (QED) is 0.868. The smallest absolute Gasteiger partial charge is 0.239 e. The van der Waals surface area contributed by atoms with Gasteiger partial charge in [0, 0.05) is 6.20 Å². The van der Waals surface area contributed by atoms with Crippen LogP contribution in [0.25, 0.3) is 0 Å². The van der Waals surface area contributed by atoms with Gasteiger partial charge in [-0.2, -0.15) is 5.26 Å². The van der Waals surface area contributed by atoms with Crippen LogP contribution >= 0.6 is 11.6 Å². The fourth-order valence-electron chi connectivity index (χ4n) is 1.60. The molecule has 96 valence electrons. The minimum Gasteiger partial charge on any atom is -0.435 e. The minimum atomic E-state index is 0.177. The second-order valence-electron chi connectivity index (χ2n) is 3.92. The van der Waals surface area contributed by atoms with Crippen LogP contribution in [0, 0.1) is 11.3 Å². The lowest BCUT2D eigenvalue weighted by molar-refractivity contribution is 0.465. The lowest BCUT2D eigenvalue weighted by atomic mass is 10.1. The van der Waals surface area contributed by atoms with Crippen molar-refractivity contribution < 1.29 is 4.74 Å². The normalized spacial score (nSPS) is 9.95. The van der Waals surface area contributed by atoms with E-state index in [4.69, 9.17) is 27.3 Å². The molecule has 0 saturated carbocycles. The first-order chi connectivity index (χ1) is 9.15. The van der Waals surface area contributed by atoms with Crippen molar-refractivity contribution in [1.82, 2.24) is 4.98 Å². The van der Waals surface area contributed by atoms with Crippen LogP contribution in [0.15, 0.2) is 30.5 Å². The summed E-state index contributed by atoms with van der Waals surface area (Å²) in [4.78, 5) is 4.01. The zero-order valence-corrected chi connectivity index (χ0v) is 11.1. The molecule has 1 heterocycles. The highest BCUT2D eigenvalue weighted by atomic mass is 35.5. The molecule has 0 radical (unpaired) electrons. The van der Waals surface area contributed by atoms with Crippen LogP contribution in [0.5, 0.6) is 11.6 Å². The van der Waals surface area contributed by atoms with Gasteiger partial charge in [0.2, 0.25) is 5.88 Å². The summed E-state index contributed by atoms with van der Waals surface area (Å²) in [7, 11) is 0. The number of anilines is 1. The molecular formula is C14H12ClN3O. The molecule has 0 fully saturated rings. The summed E-state index contributed by atoms with van der Waals surface area (Å²) < 4.78 is 5.56. The van der Waals surface area contributed by atoms with Crippen LogP contribution in [0.3, 0.4) is 0 Å². The van der Waals surface area contributed by atoms with E-state index in [0.717, 1.165) is 12.0 Å². The van der Waals surface area contributed by atoms with Gasteiger partial charge in [-0.1, -0.05) is 24.6 Å². The Labute approximate surface area is 116 Å². The molecule has 2 aromatic rings. The fraction of sp³-hybridized carbons (Fsp3) is 0.143. The predicted molar refractivity (Wildman–Crippen MR) is 74.3 cm³/mol. The Morgan fingerprint density at radius 3 is 2.84 bits per heavy atom. The monoisotopic (exact) mass is 273 g/mol. The van der Waals surface area contributed by atoms with Crippen molar-refractivity contribution in [3.8, 4) is 17.7 Å². The van der Waals surface area contributed by atoms with Crippen LogP contribution in [0.1, 0.15) is 18.1 Å². The van der Waals surface area contributed by atoms with Crippen LogP contribution in [-0.4, -0.2) is 4.98 Å². The van der Waals surface area contributed by atoms with Gasteiger partial charge in [0.25, 0.3) is 0 Å². The van der Waals surface area contributed by atoms with E-state index in [2.05, 4.69) is 4.98 Å². The van der Waals surface area contributed by atoms with E-state index in [0.29, 0.717) is 17.0 Å². The summed E-state index contributed by atoms with van der Waals surface area (Å²) in [5.41, 5.74) is 7.85. The number of hydrogen-bond acceptors (Lipinski definition) is 4. The summed E-state index contributed by atoms with van der Waals surface area (Å²) in [6.07, 6.45) is 2.36. The van der Waals surface area contributed by atoms with Crippen LogP contribution in [0.2, 0.25) is 5.02 Å². The maximum atomic E-state index is 8.89. The molecule has 1 aromatic heterocycles. The van der Waals surface area contributed by atoms with E-state index < -0.39 is 0 Å². The van der Waals surface area contributed by atoms with Gasteiger partial charge in [0.05, 0.1) is 11.3 Å². The zero-order valence-electron chi connectivity index (χ0n) is 10.4. The number of pyridine rings is 1. The average molecular weight is 274 g/mol. The molecule has 0 aliphatic heterocycles. The minimum absolute atomic E-state index is 0.177. The molecule has 0 atom stereocenters. The average Bonchev–Trinajstić information content (AvgIpc) is 2.43. The molecule has 0 amide bonds. The Bertz CT molecular complexity index is 650. The predicted octanol–water partition coefficient (Wildman–Crippen LogP) is 3.54. The zero-order chi connectivity index (χ0) is 13.8. The molecular weight excluding hydrogens is 262 g/mol. The molecule has 0 unspecified atom stereocenters. The lowest BCUT2D eigenvalue weighted by Gasteiger charge is -2.10. The summed E-state index contributed by atoms with van der Waals surface area (Å²) in [5, 5.41) is 9.07. The van der Waals surface area contributed by atoms with Crippen molar-refractivity contribution in [3.05, 3.63) is 46.6 Å². The van der Waals surface area contributed by atoms with Gasteiger partial charge in [-0.15, -0.1) is 0 Å². The number of rotatable bonds is 3. The van der Waals surface area contributed by atoms with E-state index >= 15 is 0 Å². The standard InChI is InChI=1S/C14H12ClN3O/c1-2-9-3-4-12(11(17)7-9)19-14-13(15)10(8-16)5-6-18-14/h3-7H,2,17H2,1H3. The number of benzene rings is 1. The molecule has 2 N–H and O–H groups in total. The van der Waals surface area contributed by atoms with Crippen molar-refractivity contribution in [1.29, 1.82) is 5.26 Å². The number of aryl methyl sites for hydroxylation is 1. The highest BCUT2D eigenvalue weighted by Gasteiger charge is 2.11. The molecule has 5 heteroatoms. The molecule has 0 bridgehead atoms. The fourth-order valence-corrected chi connectivity index (χ4v) is 1.79. The van der Waals surface area contributed by atoms with Gasteiger partial charge in [0.1, 0.15) is 11.1 Å². The van der Waals surface area contributed by atoms with Crippen molar-refractivity contribution >= 4 is 17.3 Å². The van der Waals surface area contributed by atoms with Gasteiger partial charge in [0.15, 0.2) is 5.75 Å². The number of nitriles is 1. The van der Waals surface area contributed by atoms with Crippen LogP contribution < -0.4 is 10.5 Å². The Balaban J connectivity index is 2.34. The van der Waals surface area contributed by atoms with Gasteiger partial charge in [-0.05, 0) is 30.2 Å². The van der Waals surface area contributed by atoms with Gasteiger partial charge < -0.3 is 10.5 Å². The Morgan fingerprint density at radius 1 is 1.42 bits per heavy atom. The van der Waals surface area contributed by atoms with Gasteiger partial charge >= 0.3 is 0 Å². The van der Waals surface area contributed by atoms with E-state index in [-0.39, 0.29) is 10.9 Å². The maximum Gasteiger partial charge on any atom is 0.239 e. The second-order valence-corrected chi connectivity index (χ2v) is 4.30. The van der Waals surface area contributed by atoms with Crippen molar-refractivity contribution in [2.24, 2.45) is 0 Å². The largest absolute Gasteiger partial charge is 0.435 e. The van der Waals surface area contributed by atoms with Crippen LogP contribution in [0.4, 0.5) is 5.69 Å². The second kappa shape index (κ2) is 5.59. The van der Waals surface area contributed by atoms with E-state index in [1.54, 1.807) is 6.07 Å². The SMILES string of the molecule is CCc1ccc(Oc2nccc(C#N)c2Cl)c(N)c1. The van der Waals surface area contributed by atoms with Crippen molar-refractivity contribution in [2.45, 2.75) is 13.3 Å². The number of aromatic nitrogens is 1. The molecule has 0 aliphatic carbocycles. The third-order valence-electron chi connectivity index (χ3n) is 2.67. The number of nitrogens with two attached hydrogens (primary N) is 1. The first-order valence-corrected chi connectivity index (χ1v) is 6.14. The number of nitrogen functional groups attached to an aromatic ring is 1. The third kappa shape index (κ3) is 2.78. The summed E-state index contributed by atoms with van der Waals surface area (Å²) in [5.74, 6) is 0.651. The Kier molecular flexibility index (Phi) is 3.88. The van der Waals surface area contributed by atoms with Gasteiger partial charge in [-0.25, -0.2) is 4.98 Å². The van der Waals surface area contributed by atoms with E-state index in [9.17, 15) is 0 Å². The molecule has 2 rings (SSSR count). The third-order valence-corrected chi connectivity index (χ3v) is 3.03. The first kappa shape index (κ1) is 13.2. The number of nitrogens with zero attached hydrogens (tertiary/aromatic N) is 2. The Hall–Kier alpha value is -2.25. The molecule has 1 aromatic carbocycles. The number of halogens is 1. The first-order valence-electron chi connectivity index (χ1n) is 5.76. The number of hydrogen-bond donors (Lipinski definition) is 1. The van der Waals surface area contributed by atoms with Crippen LogP contribution in [-0.2, 0) is 6.42 Å². The molecule has 19 heavy (non-hydrogen) atoms. The summed E-state index contributed by atoms with van der Waals surface area (Å²) in [6.45, 7) is 2.05.